The maximum atomic E-state index is 11.4. The molecule has 0 atom stereocenters. The molecule has 0 saturated carbocycles. The van der Waals surface area contributed by atoms with Gasteiger partial charge in [0.05, 0.1) is 0 Å². The molecule has 0 aliphatic heterocycles. The first-order valence-corrected chi connectivity index (χ1v) is 8.04. The van der Waals surface area contributed by atoms with Crippen LogP contribution in [0.3, 0.4) is 0 Å². The van der Waals surface area contributed by atoms with Gasteiger partial charge in [-0.05, 0) is 64.1 Å². The number of hydrogen-bond acceptors (Lipinski definition) is 3. The fourth-order valence-electron chi connectivity index (χ4n) is 3.24. The van der Waals surface area contributed by atoms with Crippen LogP contribution in [0.15, 0.2) is 73.3 Å². The van der Waals surface area contributed by atoms with Gasteiger partial charge in [0.2, 0.25) is 0 Å². The molecule has 1 aliphatic carbocycles. The van der Waals surface area contributed by atoms with Gasteiger partial charge in [0.1, 0.15) is 11.5 Å². The summed E-state index contributed by atoms with van der Waals surface area (Å²) in [6.45, 7) is 3.42. The lowest BCUT2D eigenvalue weighted by atomic mass is 9.99. The van der Waals surface area contributed by atoms with Crippen LogP contribution in [0, 0.1) is 0 Å². The quantitative estimate of drug-likeness (QED) is 0.336. The monoisotopic (exact) mass is 328 g/mol. The SMILES string of the molecule is C=CC(=O)Oc1ccc2c(c1)Cc1cc(-c3ccc(O)cc3)ccc1-2. The van der Waals surface area contributed by atoms with Crippen molar-refractivity contribution in [1.82, 2.24) is 0 Å². The molecule has 0 spiro atoms. The van der Waals surface area contributed by atoms with Crippen molar-refractivity contribution in [2.24, 2.45) is 0 Å². The second-order valence-corrected chi connectivity index (χ2v) is 6.04. The Bertz CT molecular complexity index is 985. The highest BCUT2D eigenvalue weighted by Gasteiger charge is 2.20. The topological polar surface area (TPSA) is 46.5 Å². The van der Waals surface area contributed by atoms with Crippen molar-refractivity contribution in [3.63, 3.8) is 0 Å². The van der Waals surface area contributed by atoms with Crippen molar-refractivity contribution in [3.05, 3.63) is 84.4 Å². The second kappa shape index (κ2) is 5.95. The van der Waals surface area contributed by atoms with E-state index in [4.69, 9.17) is 4.74 Å². The molecule has 0 fully saturated rings. The van der Waals surface area contributed by atoms with Gasteiger partial charge in [-0.15, -0.1) is 0 Å². The molecule has 122 valence electrons. The third-order valence-corrected chi connectivity index (χ3v) is 4.44. The zero-order valence-corrected chi connectivity index (χ0v) is 13.5. The number of rotatable bonds is 3. The molecule has 0 aromatic heterocycles. The van der Waals surface area contributed by atoms with Gasteiger partial charge < -0.3 is 9.84 Å². The molecule has 3 heteroatoms. The lowest BCUT2D eigenvalue weighted by Crippen LogP contribution is -2.03. The highest BCUT2D eigenvalue weighted by Crippen LogP contribution is 2.40. The fraction of sp³-hybridized carbons (Fsp3) is 0.0455. The minimum Gasteiger partial charge on any atom is -0.508 e. The van der Waals surface area contributed by atoms with Crippen LogP contribution in [0.5, 0.6) is 11.5 Å². The molecule has 0 radical (unpaired) electrons. The third-order valence-electron chi connectivity index (χ3n) is 4.44. The first-order chi connectivity index (χ1) is 12.1. The minimum atomic E-state index is -0.454. The molecule has 1 aliphatic rings. The van der Waals surface area contributed by atoms with Crippen molar-refractivity contribution in [1.29, 1.82) is 0 Å². The van der Waals surface area contributed by atoms with Gasteiger partial charge in [-0.3, -0.25) is 0 Å². The number of esters is 1. The summed E-state index contributed by atoms with van der Waals surface area (Å²) < 4.78 is 5.21. The highest BCUT2D eigenvalue weighted by atomic mass is 16.5. The molecule has 0 bridgehead atoms. The first kappa shape index (κ1) is 15.2. The molecule has 0 unspecified atom stereocenters. The van der Waals surface area contributed by atoms with Gasteiger partial charge in [0.25, 0.3) is 0 Å². The Morgan fingerprint density at radius 3 is 2.28 bits per heavy atom. The van der Waals surface area contributed by atoms with Crippen LogP contribution >= 0.6 is 0 Å². The molecule has 3 aromatic rings. The molecule has 0 saturated heterocycles. The zero-order chi connectivity index (χ0) is 17.4. The van der Waals surface area contributed by atoms with E-state index in [0.29, 0.717) is 5.75 Å². The van der Waals surface area contributed by atoms with Crippen LogP contribution in [0.25, 0.3) is 22.3 Å². The molecule has 1 N–H and O–H groups in total. The van der Waals surface area contributed by atoms with E-state index in [1.54, 1.807) is 12.1 Å². The smallest absolute Gasteiger partial charge is 0.335 e. The Hall–Kier alpha value is -3.33. The molecule has 25 heavy (non-hydrogen) atoms. The maximum Gasteiger partial charge on any atom is 0.335 e. The maximum absolute atomic E-state index is 11.4. The number of carbonyl (C=O) groups excluding carboxylic acids is 1. The Balaban J connectivity index is 1.67. The van der Waals surface area contributed by atoms with Gasteiger partial charge in [-0.2, -0.15) is 0 Å². The van der Waals surface area contributed by atoms with Crippen LogP contribution < -0.4 is 4.74 Å². The summed E-state index contributed by atoms with van der Waals surface area (Å²) in [6.07, 6.45) is 1.96. The van der Waals surface area contributed by atoms with Crippen molar-refractivity contribution >= 4 is 5.97 Å². The fourth-order valence-corrected chi connectivity index (χ4v) is 3.24. The number of fused-ring (bicyclic) bond motifs is 3. The summed E-state index contributed by atoms with van der Waals surface area (Å²) >= 11 is 0. The standard InChI is InChI=1S/C22H16O3/c1-2-22(24)25-19-8-10-21-17(13-19)12-16-11-15(5-9-20(16)21)14-3-6-18(23)7-4-14/h2-11,13,23H,1,12H2. The van der Waals surface area contributed by atoms with Gasteiger partial charge in [0.15, 0.2) is 0 Å². The Morgan fingerprint density at radius 1 is 0.920 bits per heavy atom. The predicted molar refractivity (Wildman–Crippen MR) is 97.6 cm³/mol. The number of hydrogen-bond donors (Lipinski definition) is 1. The van der Waals surface area contributed by atoms with Crippen LogP contribution in [0.2, 0.25) is 0 Å². The van der Waals surface area contributed by atoms with Crippen LogP contribution in [0.1, 0.15) is 11.1 Å². The van der Waals surface area contributed by atoms with Crippen LogP contribution in [-0.2, 0) is 11.2 Å². The molecule has 0 amide bonds. The van der Waals surface area contributed by atoms with Gasteiger partial charge in [0, 0.05) is 6.08 Å². The summed E-state index contributed by atoms with van der Waals surface area (Å²) in [5, 5.41) is 9.44. The Morgan fingerprint density at radius 2 is 1.56 bits per heavy atom. The summed E-state index contributed by atoms with van der Waals surface area (Å²) in [4.78, 5) is 11.4. The summed E-state index contributed by atoms with van der Waals surface area (Å²) in [7, 11) is 0. The van der Waals surface area contributed by atoms with E-state index in [1.165, 1.54) is 16.7 Å². The van der Waals surface area contributed by atoms with Gasteiger partial charge in [-0.1, -0.05) is 43.0 Å². The number of phenolic OH excluding ortho intramolecular Hbond substituents is 1. The summed E-state index contributed by atoms with van der Waals surface area (Å²) in [5.41, 5.74) is 6.95. The molecule has 3 nitrogen and oxygen atoms in total. The minimum absolute atomic E-state index is 0.263. The van der Waals surface area contributed by atoms with E-state index < -0.39 is 5.97 Å². The normalized spacial score (nSPS) is 11.5. The van der Waals surface area contributed by atoms with E-state index in [2.05, 4.69) is 24.8 Å². The Kier molecular flexibility index (Phi) is 3.62. The number of ether oxygens (including phenoxy) is 1. The molecule has 3 aromatic carbocycles. The Labute approximate surface area is 145 Å². The predicted octanol–water partition coefficient (Wildman–Crippen LogP) is 4.72. The molecule has 0 heterocycles. The van der Waals surface area contributed by atoms with Gasteiger partial charge in [-0.25, -0.2) is 4.79 Å². The van der Waals surface area contributed by atoms with Crippen molar-refractivity contribution in [2.75, 3.05) is 0 Å². The molecule has 4 rings (SSSR count). The van der Waals surface area contributed by atoms with E-state index in [0.717, 1.165) is 29.2 Å². The largest absolute Gasteiger partial charge is 0.508 e. The van der Waals surface area contributed by atoms with E-state index >= 15 is 0 Å². The van der Waals surface area contributed by atoms with Crippen LogP contribution in [0.4, 0.5) is 0 Å². The summed E-state index contributed by atoms with van der Waals surface area (Å²) in [6, 6.07) is 19.3. The van der Waals surface area contributed by atoms with Crippen molar-refractivity contribution < 1.29 is 14.6 Å². The van der Waals surface area contributed by atoms with Crippen molar-refractivity contribution in [2.45, 2.75) is 6.42 Å². The number of phenols is 1. The first-order valence-electron chi connectivity index (χ1n) is 8.04. The number of carbonyl (C=O) groups is 1. The zero-order valence-electron chi connectivity index (χ0n) is 13.5. The van der Waals surface area contributed by atoms with E-state index in [1.807, 2.05) is 30.3 Å². The van der Waals surface area contributed by atoms with E-state index in [-0.39, 0.29) is 5.75 Å². The lowest BCUT2D eigenvalue weighted by Gasteiger charge is -2.06. The van der Waals surface area contributed by atoms with E-state index in [9.17, 15) is 9.90 Å². The van der Waals surface area contributed by atoms with Gasteiger partial charge >= 0.3 is 5.97 Å². The third kappa shape index (κ3) is 2.81. The van der Waals surface area contributed by atoms with Crippen LogP contribution in [-0.4, -0.2) is 11.1 Å². The average Bonchev–Trinajstić information content (AvgIpc) is 2.99. The summed E-state index contributed by atoms with van der Waals surface area (Å²) in [5.74, 6) is 0.346. The second-order valence-electron chi connectivity index (χ2n) is 6.04. The average molecular weight is 328 g/mol. The number of benzene rings is 3. The number of aromatic hydroxyl groups is 1. The van der Waals surface area contributed by atoms with Crippen molar-refractivity contribution in [3.8, 4) is 33.8 Å². The molecular weight excluding hydrogens is 312 g/mol. The highest BCUT2D eigenvalue weighted by molar-refractivity contribution is 5.84. The lowest BCUT2D eigenvalue weighted by molar-refractivity contribution is -0.128. The molecular formula is C22H16O3.